The fourth-order valence-corrected chi connectivity index (χ4v) is 1.77. The lowest BCUT2D eigenvalue weighted by Crippen LogP contribution is -2.23. The van der Waals surface area contributed by atoms with E-state index in [1.165, 1.54) is 12.4 Å². The summed E-state index contributed by atoms with van der Waals surface area (Å²) in [6, 6.07) is 1.80. The van der Waals surface area contributed by atoms with Crippen LogP contribution in [0.1, 0.15) is 29.8 Å². The first-order valence-corrected chi connectivity index (χ1v) is 6.87. The zero-order chi connectivity index (χ0) is 17.0. The van der Waals surface area contributed by atoms with Gasteiger partial charge in [-0.3, -0.25) is 4.79 Å². The number of hydrogen-bond acceptors (Lipinski definition) is 4. The first-order chi connectivity index (χ1) is 10.9. The zero-order valence-corrected chi connectivity index (χ0v) is 12.5. The third-order valence-corrected chi connectivity index (χ3v) is 2.83. The molecule has 1 aromatic carbocycles. The van der Waals surface area contributed by atoms with Gasteiger partial charge in [0.1, 0.15) is 0 Å². The summed E-state index contributed by atoms with van der Waals surface area (Å²) in [5.74, 6) is -4.27. The summed E-state index contributed by atoms with van der Waals surface area (Å²) in [4.78, 5) is 19.9. The Balaban J connectivity index is 1.99. The molecule has 1 amide bonds. The maximum Gasteiger partial charge on any atom is 0.254 e. The Morgan fingerprint density at radius 3 is 2.22 bits per heavy atom. The van der Waals surface area contributed by atoms with E-state index in [-0.39, 0.29) is 23.7 Å². The topological polar surface area (TPSA) is 66.9 Å². The highest BCUT2D eigenvalue weighted by atomic mass is 19.2. The molecule has 0 atom stereocenters. The van der Waals surface area contributed by atoms with E-state index in [1.807, 2.05) is 13.8 Å². The molecule has 0 bridgehead atoms. The van der Waals surface area contributed by atoms with Crippen molar-refractivity contribution in [3.63, 3.8) is 0 Å². The second-order valence-electron chi connectivity index (χ2n) is 5.15. The summed E-state index contributed by atoms with van der Waals surface area (Å²) in [6.07, 6.45) is 2.66. The number of carbonyl (C=O) groups excluding carboxylic acids is 1. The van der Waals surface area contributed by atoms with Gasteiger partial charge in [0.2, 0.25) is 5.95 Å². The van der Waals surface area contributed by atoms with Crippen LogP contribution in [0, 0.1) is 17.5 Å². The van der Waals surface area contributed by atoms with Crippen molar-refractivity contribution in [3.8, 4) is 0 Å². The Morgan fingerprint density at radius 2 is 1.70 bits per heavy atom. The molecule has 0 aliphatic heterocycles. The molecule has 8 heteroatoms. The minimum atomic E-state index is -1.54. The quantitative estimate of drug-likeness (QED) is 0.830. The molecule has 2 aromatic rings. The summed E-state index contributed by atoms with van der Waals surface area (Å²) in [5.41, 5.74) is 0.302. The van der Waals surface area contributed by atoms with Crippen LogP contribution in [0.2, 0.25) is 0 Å². The van der Waals surface area contributed by atoms with E-state index < -0.39 is 23.4 Å². The van der Waals surface area contributed by atoms with Gasteiger partial charge in [-0.1, -0.05) is 0 Å². The van der Waals surface area contributed by atoms with Crippen molar-refractivity contribution in [2.45, 2.75) is 26.4 Å². The summed E-state index contributed by atoms with van der Waals surface area (Å²) in [6.45, 7) is 3.69. The van der Waals surface area contributed by atoms with Gasteiger partial charge in [-0.05, 0) is 31.5 Å². The van der Waals surface area contributed by atoms with Gasteiger partial charge in [0.25, 0.3) is 5.91 Å². The highest BCUT2D eigenvalue weighted by Gasteiger charge is 2.12. The van der Waals surface area contributed by atoms with Gasteiger partial charge in [-0.25, -0.2) is 23.1 Å². The first-order valence-electron chi connectivity index (χ1n) is 6.87. The third kappa shape index (κ3) is 4.41. The zero-order valence-electron chi connectivity index (χ0n) is 12.5. The molecule has 0 saturated carbocycles. The highest BCUT2D eigenvalue weighted by molar-refractivity contribution is 5.93. The van der Waals surface area contributed by atoms with E-state index in [4.69, 9.17) is 0 Å². The number of halogens is 3. The third-order valence-electron chi connectivity index (χ3n) is 2.83. The highest BCUT2D eigenvalue weighted by Crippen LogP contribution is 2.13. The van der Waals surface area contributed by atoms with E-state index in [9.17, 15) is 18.0 Å². The van der Waals surface area contributed by atoms with Crippen LogP contribution < -0.4 is 10.6 Å². The summed E-state index contributed by atoms with van der Waals surface area (Å²) in [7, 11) is 0. The molecule has 0 aliphatic rings. The van der Waals surface area contributed by atoms with E-state index in [1.54, 1.807) is 0 Å². The van der Waals surface area contributed by atoms with Crippen LogP contribution in [0.5, 0.6) is 0 Å². The molecular formula is C15H15F3N4O. The second kappa shape index (κ2) is 7.08. The predicted octanol–water partition coefficient (Wildman–Crippen LogP) is 2.64. The molecule has 23 heavy (non-hydrogen) atoms. The number of aromatic nitrogens is 2. The van der Waals surface area contributed by atoms with Gasteiger partial charge in [-0.2, -0.15) is 0 Å². The van der Waals surface area contributed by atoms with Crippen molar-refractivity contribution in [2.75, 3.05) is 5.32 Å². The van der Waals surface area contributed by atoms with Crippen molar-refractivity contribution in [1.29, 1.82) is 0 Å². The molecule has 0 saturated heterocycles. The molecule has 0 aliphatic carbocycles. The lowest BCUT2D eigenvalue weighted by Gasteiger charge is -2.09. The standard InChI is InChI=1S/C15H15F3N4O/c1-8(2)22-15-20-6-10(7-21-15)14(23)19-5-9-3-11(16)13(18)12(17)4-9/h3-4,6-8H,5H2,1-2H3,(H,19,23)(H,20,21,22). The van der Waals surface area contributed by atoms with Gasteiger partial charge in [0.15, 0.2) is 17.5 Å². The monoisotopic (exact) mass is 324 g/mol. The maximum absolute atomic E-state index is 13.1. The Bertz CT molecular complexity index is 681. The molecule has 1 aromatic heterocycles. The van der Waals surface area contributed by atoms with Crippen LogP contribution in [0.4, 0.5) is 19.1 Å². The van der Waals surface area contributed by atoms with E-state index in [2.05, 4.69) is 20.6 Å². The normalized spacial score (nSPS) is 10.7. The van der Waals surface area contributed by atoms with Crippen molar-refractivity contribution in [3.05, 3.63) is 53.1 Å². The van der Waals surface area contributed by atoms with Crippen LogP contribution in [0.15, 0.2) is 24.5 Å². The minimum Gasteiger partial charge on any atom is -0.352 e. The van der Waals surface area contributed by atoms with Crippen molar-refractivity contribution < 1.29 is 18.0 Å². The molecule has 2 N–H and O–H groups in total. The Hall–Kier alpha value is -2.64. The van der Waals surface area contributed by atoms with Crippen LogP contribution in [0.3, 0.4) is 0 Å². The number of hydrogen-bond donors (Lipinski definition) is 2. The molecule has 1 heterocycles. The van der Waals surface area contributed by atoms with Crippen molar-refractivity contribution in [1.82, 2.24) is 15.3 Å². The Labute approximate surface area is 131 Å². The van der Waals surface area contributed by atoms with E-state index >= 15 is 0 Å². The number of nitrogens with one attached hydrogen (secondary N) is 2. The lowest BCUT2D eigenvalue weighted by atomic mass is 10.2. The first kappa shape index (κ1) is 16.7. The van der Waals surface area contributed by atoms with Crippen LogP contribution >= 0.6 is 0 Å². The molecular weight excluding hydrogens is 309 g/mol. The van der Waals surface area contributed by atoms with Crippen molar-refractivity contribution in [2.24, 2.45) is 0 Å². The van der Waals surface area contributed by atoms with Gasteiger partial charge >= 0.3 is 0 Å². The number of rotatable bonds is 5. The minimum absolute atomic E-state index is 0.105. The molecule has 0 fully saturated rings. The molecule has 5 nitrogen and oxygen atoms in total. The largest absolute Gasteiger partial charge is 0.352 e. The summed E-state index contributed by atoms with van der Waals surface area (Å²) < 4.78 is 39.0. The number of benzene rings is 1. The van der Waals surface area contributed by atoms with Gasteiger partial charge in [0.05, 0.1) is 5.56 Å². The Morgan fingerprint density at radius 1 is 1.13 bits per heavy atom. The number of nitrogens with zero attached hydrogens (tertiary/aromatic N) is 2. The van der Waals surface area contributed by atoms with Crippen LogP contribution in [-0.2, 0) is 6.54 Å². The number of anilines is 1. The number of amides is 1. The van der Waals surface area contributed by atoms with Crippen LogP contribution in [-0.4, -0.2) is 21.9 Å². The lowest BCUT2D eigenvalue weighted by molar-refractivity contribution is 0.0950. The predicted molar refractivity (Wildman–Crippen MR) is 78.3 cm³/mol. The molecule has 2 rings (SSSR count). The number of carbonyl (C=O) groups is 1. The smallest absolute Gasteiger partial charge is 0.254 e. The Kier molecular flexibility index (Phi) is 5.15. The van der Waals surface area contributed by atoms with Gasteiger partial charge < -0.3 is 10.6 Å². The average Bonchev–Trinajstić information content (AvgIpc) is 2.50. The maximum atomic E-state index is 13.1. The average molecular weight is 324 g/mol. The molecule has 0 spiro atoms. The van der Waals surface area contributed by atoms with Gasteiger partial charge in [0, 0.05) is 25.0 Å². The van der Waals surface area contributed by atoms with E-state index in [0.717, 1.165) is 12.1 Å². The fourth-order valence-electron chi connectivity index (χ4n) is 1.77. The van der Waals surface area contributed by atoms with Gasteiger partial charge in [-0.15, -0.1) is 0 Å². The summed E-state index contributed by atoms with van der Waals surface area (Å²) >= 11 is 0. The summed E-state index contributed by atoms with van der Waals surface area (Å²) in [5, 5.41) is 5.43. The molecule has 122 valence electrons. The molecule has 0 unspecified atom stereocenters. The molecule has 0 radical (unpaired) electrons. The van der Waals surface area contributed by atoms with E-state index in [0.29, 0.717) is 5.95 Å². The SMILES string of the molecule is CC(C)Nc1ncc(C(=O)NCc2cc(F)c(F)c(F)c2)cn1. The second-order valence-corrected chi connectivity index (χ2v) is 5.15. The van der Waals surface area contributed by atoms with Crippen LogP contribution in [0.25, 0.3) is 0 Å². The fraction of sp³-hybridized carbons (Fsp3) is 0.267. The van der Waals surface area contributed by atoms with Crippen molar-refractivity contribution >= 4 is 11.9 Å².